The van der Waals surface area contributed by atoms with Gasteiger partial charge >= 0.3 is 0 Å². The molecule has 0 bridgehead atoms. The Hall–Kier alpha value is -1.87. The number of hydrogen-bond donors (Lipinski definition) is 0. The second-order valence-corrected chi connectivity index (χ2v) is 6.58. The molecule has 5 nitrogen and oxygen atoms in total. The van der Waals surface area contributed by atoms with E-state index in [1.807, 2.05) is 6.07 Å². The van der Waals surface area contributed by atoms with Crippen LogP contribution in [0.5, 0.6) is 0 Å². The van der Waals surface area contributed by atoms with Crippen molar-refractivity contribution in [3.8, 4) is 6.07 Å². The van der Waals surface area contributed by atoms with E-state index in [0.717, 1.165) is 4.31 Å². The number of amides is 1. The minimum atomic E-state index is -3.62. The van der Waals surface area contributed by atoms with E-state index in [2.05, 4.69) is 0 Å². The van der Waals surface area contributed by atoms with Gasteiger partial charge in [0.2, 0.25) is 0 Å². The van der Waals surface area contributed by atoms with E-state index in [0.29, 0.717) is 5.56 Å². The minimum absolute atomic E-state index is 0.272. The maximum Gasteiger partial charge on any atom is 0.263 e. The zero-order valence-electron chi connectivity index (χ0n) is 9.34. The molecule has 0 saturated carbocycles. The van der Waals surface area contributed by atoms with Crippen molar-refractivity contribution in [2.45, 2.75) is 18.6 Å². The lowest BCUT2D eigenvalue weighted by molar-refractivity contribution is -0.120. The third kappa shape index (κ3) is 1.36. The highest BCUT2D eigenvalue weighted by Gasteiger charge is 2.60. The summed E-state index contributed by atoms with van der Waals surface area (Å²) < 4.78 is 23.2. The maximum atomic E-state index is 11.9. The summed E-state index contributed by atoms with van der Waals surface area (Å²) >= 11 is 0. The van der Waals surface area contributed by atoms with Crippen LogP contribution < -0.4 is 4.31 Å². The smallest absolute Gasteiger partial charge is 0.263 e. The number of rotatable bonds is 1. The first-order valence-corrected chi connectivity index (χ1v) is 6.36. The Bertz CT molecular complexity index is 624. The molecule has 1 aliphatic heterocycles. The summed E-state index contributed by atoms with van der Waals surface area (Å²) in [5.74, 6) is -0.456. The molecule has 1 fully saturated rings. The van der Waals surface area contributed by atoms with Crippen LogP contribution in [0.25, 0.3) is 0 Å². The SMILES string of the molecule is CC1(C)C(=O)N(c2ccc(C#N)cc2)S1(=O)=O. The fourth-order valence-electron chi connectivity index (χ4n) is 1.58. The van der Waals surface area contributed by atoms with Crippen LogP contribution >= 0.6 is 0 Å². The number of nitriles is 1. The van der Waals surface area contributed by atoms with Crippen molar-refractivity contribution in [1.82, 2.24) is 0 Å². The largest absolute Gasteiger partial charge is 0.272 e. The van der Waals surface area contributed by atoms with Crippen LogP contribution in [0.1, 0.15) is 19.4 Å². The molecule has 1 amide bonds. The molecule has 6 heteroatoms. The second kappa shape index (κ2) is 3.31. The Kier molecular flexibility index (Phi) is 2.26. The zero-order valence-corrected chi connectivity index (χ0v) is 10.2. The quantitative estimate of drug-likeness (QED) is 0.745. The molecule has 1 aliphatic rings. The molecule has 1 saturated heterocycles. The summed E-state index contributed by atoms with van der Waals surface area (Å²) in [5, 5.41) is 8.63. The van der Waals surface area contributed by atoms with Crippen molar-refractivity contribution in [2.24, 2.45) is 0 Å². The van der Waals surface area contributed by atoms with Crippen LogP contribution in [-0.2, 0) is 14.8 Å². The average Bonchev–Trinajstić information content (AvgIpc) is 2.29. The van der Waals surface area contributed by atoms with Crippen molar-refractivity contribution in [1.29, 1.82) is 5.26 Å². The monoisotopic (exact) mass is 250 g/mol. The van der Waals surface area contributed by atoms with Crippen molar-refractivity contribution in [3.63, 3.8) is 0 Å². The van der Waals surface area contributed by atoms with Crippen LogP contribution in [-0.4, -0.2) is 19.1 Å². The lowest BCUT2D eigenvalue weighted by Crippen LogP contribution is -2.67. The minimum Gasteiger partial charge on any atom is -0.272 e. The molecular formula is C11H10N2O3S. The van der Waals surface area contributed by atoms with Crippen molar-refractivity contribution in [3.05, 3.63) is 29.8 Å². The summed E-state index contributed by atoms with van der Waals surface area (Å²) in [7, 11) is -3.62. The van der Waals surface area contributed by atoms with Crippen LogP contribution in [0.2, 0.25) is 0 Å². The molecule has 0 unspecified atom stereocenters. The van der Waals surface area contributed by atoms with Crippen LogP contribution in [0.3, 0.4) is 0 Å². The number of carbonyl (C=O) groups excluding carboxylic acids is 1. The van der Waals surface area contributed by atoms with Gasteiger partial charge in [0, 0.05) is 0 Å². The number of hydrogen-bond acceptors (Lipinski definition) is 4. The van der Waals surface area contributed by atoms with Crippen LogP contribution in [0.15, 0.2) is 24.3 Å². The number of benzene rings is 1. The summed E-state index contributed by atoms with van der Waals surface area (Å²) in [6.45, 7) is 2.76. The van der Waals surface area contributed by atoms with Gasteiger partial charge < -0.3 is 0 Å². The molecule has 0 aliphatic carbocycles. The van der Waals surface area contributed by atoms with Gasteiger partial charge in [0.1, 0.15) is 0 Å². The standard InChI is InChI=1S/C11H10N2O3S/c1-11(2)10(14)13(17(11,15)16)9-5-3-8(7-12)4-6-9/h3-6H,1-2H3. The first-order chi connectivity index (χ1) is 7.82. The Labute approximate surface area is 99.3 Å². The molecule has 0 atom stereocenters. The molecule has 0 spiro atoms. The van der Waals surface area contributed by atoms with Crippen LogP contribution in [0.4, 0.5) is 5.69 Å². The molecule has 0 radical (unpaired) electrons. The third-order valence-electron chi connectivity index (χ3n) is 2.82. The summed E-state index contributed by atoms with van der Waals surface area (Å²) in [6.07, 6.45) is 0. The predicted octanol–water partition coefficient (Wildman–Crippen LogP) is 1.01. The normalized spacial score (nSPS) is 20.5. The molecule has 1 aromatic carbocycles. The van der Waals surface area contributed by atoms with Gasteiger partial charge in [-0.2, -0.15) is 5.26 Å². The number of carbonyl (C=O) groups is 1. The lowest BCUT2D eigenvalue weighted by atomic mass is 10.1. The van der Waals surface area contributed by atoms with Gasteiger partial charge in [-0.3, -0.25) is 4.79 Å². The van der Waals surface area contributed by atoms with Gasteiger partial charge in [0.25, 0.3) is 15.9 Å². The number of sulfonamides is 1. The Morgan fingerprint density at radius 2 is 1.76 bits per heavy atom. The maximum absolute atomic E-state index is 11.9. The van der Waals surface area contributed by atoms with Gasteiger partial charge in [-0.15, -0.1) is 0 Å². The van der Waals surface area contributed by atoms with Crippen molar-refractivity contribution in [2.75, 3.05) is 4.31 Å². The highest BCUT2D eigenvalue weighted by molar-refractivity contribution is 7.98. The lowest BCUT2D eigenvalue weighted by Gasteiger charge is -2.42. The molecular weight excluding hydrogens is 240 g/mol. The summed E-state index contributed by atoms with van der Waals surface area (Å²) in [5.41, 5.74) is 0.687. The van der Waals surface area contributed by atoms with Gasteiger partial charge in [0.15, 0.2) is 4.75 Å². The molecule has 1 heterocycles. The average molecular weight is 250 g/mol. The van der Waals surface area contributed by atoms with Gasteiger partial charge in [-0.25, -0.2) is 12.7 Å². The van der Waals surface area contributed by atoms with E-state index in [1.54, 1.807) is 0 Å². The third-order valence-corrected chi connectivity index (χ3v) is 5.14. The Morgan fingerprint density at radius 1 is 1.24 bits per heavy atom. The van der Waals surface area contributed by atoms with Crippen molar-refractivity contribution < 1.29 is 13.2 Å². The van der Waals surface area contributed by atoms with E-state index in [-0.39, 0.29) is 5.69 Å². The van der Waals surface area contributed by atoms with E-state index in [4.69, 9.17) is 5.26 Å². The van der Waals surface area contributed by atoms with Crippen molar-refractivity contribution >= 4 is 21.6 Å². The number of anilines is 1. The highest BCUT2D eigenvalue weighted by Crippen LogP contribution is 2.38. The van der Waals surface area contributed by atoms with E-state index in [1.165, 1.54) is 38.1 Å². The molecule has 1 aromatic rings. The molecule has 0 N–H and O–H groups in total. The summed E-state index contributed by atoms with van der Waals surface area (Å²) in [4.78, 5) is 11.7. The van der Waals surface area contributed by atoms with Gasteiger partial charge in [-0.1, -0.05) is 0 Å². The topological polar surface area (TPSA) is 78.2 Å². The fourth-order valence-corrected chi connectivity index (χ4v) is 3.06. The molecule has 88 valence electrons. The fraction of sp³-hybridized carbons (Fsp3) is 0.273. The Morgan fingerprint density at radius 3 is 2.18 bits per heavy atom. The molecule has 2 rings (SSSR count). The second-order valence-electron chi connectivity index (χ2n) is 4.24. The van der Waals surface area contributed by atoms with E-state index < -0.39 is 20.7 Å². The molecule has 17 heavy (non-hydrogen) atoms. The molecule has 0 aromatic heterocycles. The van der Waals surface area contributed by atoms with E-state index >= 15 is 0 Å². The van der Waals surface area contributed by atoms with Gasteiger partial charge in [0.05, 0.1) is 17.3 Å². The number of nitrogens with zero attached hydrogens (tertiary/aromatic N) is 2. The Balaban J connectivity index is 2.44. The zero-order chi connectivity index (χ0) is 12.8. The van der Waals surface area contributed by atoms with Gasteiger partial charge in [-0.05, 0) is 38.1 Å². The van der Waals surface area contributed by atoms with Crippen LogP contribution in [0, 0.1) is 11.3 Å². The summed E-state index contributed by atoms with van der Waals surface area (Å²) in [6, 6.07) is 7.77. The highest BCUT2D eigenvalue weighted by atomic mass is 32.2. The van der Waals surface area contributed by atoms with E-state index in [9.17, 15) is 13.2 Å². The first kappa shape index (κ1) is 11.6. The predicted molar refractivity (Wildman–Crippen MR) is 61.6 cm³/mol. The first-order valence-electron chi connectivity index (χ1n) is 4.92.